The third-order valence-corrected chi connectivity index (χ3v) is 4.30. The highest BCUT2D eigenvalue weighted by atomic mass is 35.5. The van der Waals surface area contributed by atoms with E-state index in [1.54, 1.807) is 31.2 Å². The molecule has 1 fully saturated rings. The predicted molar refractivity (Wildman–Crippen MR) is 82.8 cm³/mol. The topological polar surface area (TPSA) is 75.7 Å². The van der Waals surface area contributed by atoms with Crippen LogP contribution in [0.3, 0.4) is 0 Å². The van der Waals surface area contributed by atoms with Crippen molar-refractivity contribution < 1.29 is 19.1 Å². The predicted octanol–water partition coefficient (Wildman–Crippen LogP) is 1.92. The van der Waals surface area contributed by atoms with E-state index in [9.17, 15) is 14.4 Å². The fraction of sp³-hybridized carbons (Fsp3) is 0.357. The number of rotatable bonds is 5. The number of nitrogens with one attached hydrogen (secondary N) is 1. The van der Waals surface area contributed by atoms with Crippen LogP contribution >= 0.6 is 23.4 Å². The fourth-order valence-electron chi connectivity index (χ4n) is 1.80. The van der Waals surface area contributed by atoms with Crippen LogP contribution in [0.15, 0.2) is 29.2 Å². The van der Waals surface area contributed by atoms with Crippen molar-refractivity contribution in [2.24, 2.45) is 0 Å². The fourth-order valence-corrected chi connectivity index (χ4v) is 2.79. The molecular formula is C14H15ClN2O4S. The molecule has 8 heteroatoms. The number of nitrogens with zero attached hydrogens (tertiary/aromatic N) is 1. The van der Waals surface area contributed by atoms with Crippen molar-refractivity contribution in [1.82, 2.24) is 10.2 Å². The van der Waals surface area contributed by atoms with E-state index in [4.69, 9.17) is 16.3 Å². The minimum Gasteiger partial charge on any atom is -0.455 e. The molecule has 1 aromatic rings. The highest BCUT2D eigenvalue weighted by molar-refractivity contribution is 8.00. The number of halogens is 1. The van der Waals surface area contributed by atoms with Gasteiger partial charge >= 0.3 is 12.0 Å². The lowest BCUT2D eigenvalue weighted by molar-refractivity contribution is -0.149. The van der Waals surface area contributed by atoms with Gasteiger partial charge in [-0.3, -0.25) is 14.5 Å². The molecule has 1 aromatic carbocycles. The van der Waals surface area contributed by atoms with Gasteiger partial charge in [-0.25, -0.2) is 4.79 Å². The standard InChI is InChI=1S/C14H15ClN2O4S/c1-9(22-11-4-2-10(15)3-5-11)13(19)21-8-12(18)17-7-6-16-14(17)20/h2-5,9H,6-8H2,1H3,(H,16,20)/t9-/m0/s1. The number of hydrogen-bond donors (Lipinski definition) is 1. The average molecular weight is 343 g/mol. The number of amides is 3. The largest absolute Gasteiger partial charge is 0.455 e. The minimum atomic E-state index is -0.521. The summed E-state index contributed by atoms with van der Waals surface area (Å²) in [6.07, 6.45) is 0. The third kappa shape index (κ3) is 4.38. The molecule has 1 heterocycles. The van der Waals surface area contributed by atoms with Gasteiger partial charge in [-0.15, -0.1) is 11.8 Å². The number of esters is 1. The first-order valence-electron chi connectivity index (χ1n) is 6.64. The molecule has 1 atom stereocenters. The van der Waals surface area contributed by atoms with Gasteiger partial charge in [0.1, 0.15) is 5.25 Å². The number of thioether (sulfide) groups is 1. The van der Waals surface area contributed by atoms with Gasteiger partial charge in [0.2, 0.25) is 0 Å². The zero-order chi connectivity index (χ0) is 16.1. The summed E-state index contributed by atoms with van der Waals surface area (Å²) >= 11 is 7.10. The molecule has 0 radical (unpaired) electrons. The van der Waals surface area contributed by atoms with Crippen LogP contribution in [0.25, 0.3) is 0 Å². The molecule has 0 bridgehead atoms. The van der Waals surface area contributed by atoms with Crippen molar-refractivity contribution in [3.05, 3.63) is 29.3 Å². The Morgan fingerprint density at radius 1 is 1.41 bits per heavy atom. The van der Waals surface area contributed by atoms with E-state index in [1.807, 2.05) is 0 Å². The van der Waals surface area contributed by atoms with Crippen LogP contribution in [0.1, 0.15) is 6.92 Å². The minimum absolute atomic E-state index is 0.296. The summed E-state index contributed by atoms with van der Waals surface area (Å²) in [7, 11) is 0. The van der Waals surface area contributed by atoms with E-state index in [0.717, 1.165) is 9.80 Å². The van der Waals surface area contributed by atoms with Crippen LogP contribution in [-0.2, 0) is 14.3 Å². The molecule has 0 aromatic heterocycles. The third-order valence-electron chi connectivity index (χ3n) is 2.95. The number of urea groups is 1. The van der Waals surface area contributed by atoms with Crippen molar-refractivity contribution in [2.45, 2.75) is 17.1 Å². The number of carbonyl (C=O) groups excluding carboxylic acids is 3. The maximum atomic E-state index is 11.9. The lowest BCUT2D eigenvalue weighted by Crippen LogP contribution is -2.37. The van der Waals surface area contributed by atoms with E-state index < -0.39 is 29.8 Å². The van der Waals surface area contributed by atoms with E-state index in [2.05, 4.69) is 5.32 Å². The van der Waals surface area contributed by atoms with Gasteiger partial charge in [-0.1, -0.05) is 11.6 Å². The summed E-state index contributed by atoms with van der Waals surface area (Å²) in [5.74, 6) is -1.03. The molecule has 1 aliphatic rings. The Bertz CT molecular complexity index is 579. The van der Waals surface area contributed by atoms with Crippen LogP contribution in [0, 0.1) is 0 Å². The molecule has 1 saturated heterocycles. The molecule has 3 amide bonds. The summed E-state index contributed by atoms with van der Waals surface area (Å²) in [4.78, 5) is 36.8. The maximum Gasteiger partial charge on any atom is 0.324 e. The van der Waals surface area contributed by atoms with E-state index >= 15 is 0 Å². The summed E-state index contributed by atoms with van der Waals surface area (Å²) in [6.45, 7) is 1.97. The Kier molecular flexibility index (Phi) is 5.68. The van der Waals surface area contributed by atoms with Gasteiger partial charge in [0.15, 0.2) is 6.61 Å². The van der Waals surface area contributed by atoms with Crippen LogP contribution in [0.5, 0.6) is 0 Å². The number of benzene rings is 1. The zero-order valence-corrected chi connectivity index (χ0v) is 13.4. The number of hydrogen-bond acceptors (Lipinski definition) is 5. The zero-order valence-electron chi connectivity index (χ0n) is 11.9. The van der Waals surface area contributed by atoms with E-state index in [0.29, 0.717) is 18.1 Å². The molecule has 0 saturated carbocycles. The van der Waals surface area contributed by atoms with Crippen LogP contribution in [0.4, 0.5) is 4.79 Å². The number of ether oxygens (including phenoxy) is 1. The monoisotopic (exact) mass is 342 g/mol. The second kappa shape index (κ2) is 7.51. The summed E-state index contributed by atoms with van der Waals surface area (Å²) in [5.41, 5.74) is 0. The summed E-state index contributed by atoms with van der Waals surface area (Å²) in [6, 6.07) is 6.62. The Hall–Kier alpha value is -1.73. The lowest BCUT2D eigenvalue weighted by Gasteiger charge is -2.14. The quantitative estimate of drug-likeness (QED) is 0.653. The van der Waals surface area contributed by atoms with Gasteiger partial charge in [0, 0.05) is 23.0 Å². The normalized spacial score (nSPS) is 15.4. The van der Waals surface area contributed by atoms with E-state index in [1.165, 1.54) is 11.8 Å². The Morgan fingerprint density at radius 2 is 2.09 bits per heavy atom. The maximum absolute atomic E-state index is 11.9. The van der Waals surface area contributed by atoms with Crippen molar-refractivity contribution >= 4 is 41.3 Å². The van der Waals surface area contributed by atoms with Crippen LogP contribution in [0.2, 0.25) is 5.02 Å². The van der Waals surface area contributed by atoms with Crippen molar-refractivity contribution in [3.8, 4) is 0 Å². The SMILES string of the molecule is C[C@H](Sc1ccc(Cl)cc1)C(=O)OCC(=O)N1CCNC1=O. The van der Waals surface area contributed by atoms with Gasteiger partial charge < -0.3 is 10.1 Å². The Morgan fingerprint density at radius 3 is 2.68 bits per heavy atom. The lowest BCUT2D eigenvalue weighted by atomic mass is 10.4. The molecular weight excluding hydrogens is 328 g/mol. The molecule has 22 heavy (non-hydrogen) atoms. The summed E-state index contributed by atoms with van der Waals surface area (Å²) in [5, 5.41) is 2.66. The van der Waals surface area contributed by atoms with Gasteiger partial charge in [0.25, 0.3) is 5.91 Å². The number of imide groups is 1. The number of carbonyl (C=O) groups is 3. The molecule has 6 nitrogen and oxygen atoms in total. The first-order chi connectivity index (χ1) is 10.5. The van der Waals surface area contributed by atoms with Crippen molar-refractivity contribution in [2.75, 3.05) is 19.7 Å². The molecule has 1 N–H and O–H groups in total. The highest BCUT2D eigenvalue weighted by Crippen LogP contribution is 2.25. The first kappa shape index (κ1) is 16.6. The molecule has 2 rings (SSSR count). The molecule has 1 aliphatic heterocycles. The van der Waals surface area contributed by atoms with Gasteiger partial charge in [-0.2, -0.15) is 0 Å². The van der Waals surface area contributed by atoms with Crippen molar-refractivity contribution in [3.63, 3.8) is 0 Å². The molecule has 0 unspecified atom stereocenters. The van der Waals surface area contributed by atoms with E-state index in [-0.39, 0.29) is 0 Å². The second-order valence-electron chi connectivity index (χ2n) is 4.60. The van der Waals surface area contributed by atoms with Crippen LogP contribution in [-0.4, -0.2) is 47.8 Å². The molecule has 118 valence electrons. The summed E-state index contributed by atoms with van der Waals surface area (Å²) < 4.78 is 4.97. The molecule has 0 spiro atoms. The van der Waals surface area contributed by atoms with Crippen molar-refractivity contribution in [1.29, 1.82) is 0 Å². The van der Waals surface area contributed by atoms with Gasteiger partial charge in [-0.05, 0) is 31.2 Å². The second-order valence-corrected chi connectivity index (χ2v) is 6.45. The first-order valence-corrected chi connectivity index (χ1v) is 7.90. The average Bonchev–Trinajstić information content (AvgIpc) is 2.93. The Balaban J connectivity index is 1.80. The Labute approximate surface area is 137 Å². The molecule has 0 aliphatic carbocycles. The van der Waals surface area contributed by atoms with Crippen LogP contribution < -0.4 is 5.32 Å². The van der Waals surface area contributed by atoms with Gasteiger partial charge in [0.05, 0.1) is 0 Å². The smallest absolute Gasteiger partial charge is 0.324 e. The highest BCUT2D eigenvalue weighted by Gasteiger charge is 2.27.